The van der Waals surface area contributed by atoms with Gasteiger partial charge in [0, 0.05) is 18.4 Å². The van der Waals surface area contributed by atoms with Crippen molar-refractivity contribution in [2.45, 2.75) is 12.5 Å². The normalized spacial score (nSPS) is 12.6. The number of rotatable bonds is 6. The van der Waals surface area contributed by atoms with Gasteiger partial charge < -0.3 is 15.2 Å². The summed E-state index contributed by atoms with van der Waals surface area (Å²) in [6, 6.07) is 5.93. The number of halogens is 1. The number of thiophene rings is 1. The Morgan fingerprint density at radius 1 is 1.50 bits per heavy atom. The van der Waals surface area contributed by atoms with Gasteiger partial charge in [0.25, 0.3) is 5.91 Å². The zero-order valence-electron chi connectivity index (χ0n) is 11.1. The first-order valence-corrected chi connectivity index (χ1v) is 7.05. The largest absolute Gasteiger partial charge is 0.396 e. The van der Waals surface area contributed by atoms with Gasteiger partial charge in [0.2, 0.25) is 0 Å². The molecule has 0 saturated heterocycles. The minimum absolute atomic E-state index is 0.0219. The summed E-state index contributed by atoms with van der Waals surface area (Å²) < 4.78 is 18.9. The van der Waals surface area contributed by atoms with Crippen LogP contribution in [0.5, 0.6) is 0 Å². The summed E-state index contributed by atoms with van der Waals surface area (Å²) in [5.74, 6) is -0.550. The molecular formula is C14H16FNO3S. The van der Waals surface area contributed by atoms with E-state index in [9.17, 15) is 9.18 Å². The van der Waals surface area contributed by atoms with Gasteiger partial charge in [0.1, 0.15) is 5.82 Å². The summed E-state index contributed by atoms with van der Waals surface area (Å²) in [7, 11) is 1.54. The van der Waals surface area contributed by atoms with Crippen LogP contribution in [0, 0.1) is 5.82 Å². The van der Waals surface area contributed by atoms with E-state index in [0.717, 1.165) is 10.1 Å². The van der Waals surface area contributed by atoms with Crippen molar-refractivity contribution in [2.24, 2.45) is 0 Å². The van der Waals surface area contributed by atoms with Crippen LogP contribution in [0.1, 0.15) is 16.1 Å². The molecule has 0 spiro atoms. The Bertz CT molecular complexity index is 593. The topological polar surface area (TPSA) is 58.6 Å². The molecule has 1 aromatic heterocycles. The van der Waals surface area contributed by atoms with Gasteiger partial charge in [-0.15, -0.1) is 11.3 Å². The first kappa shape index (κ1) is 14.9. The third-order valence-corrected chi connectivity index (χ3v) is 3.98. The van der Waals surface area contributed by atoms with Crippen molar-refractivity contribution >= 4 is 27.3 Å². The van der Waals surface area contributed by atoms with Crippen LogP contribution in [0.15, 0.2) is 24.3 Å². The second-order valence-electron chi connectivity index (χ2n) is 4.43. The molecule has 0 bridgehead atoms. The van der Waals surface area contributed by atoms with Crippen LogP contribution in [0.3, 0.4) is 0 Å². The summed E-state index contributed by atoms with van der Waals surface area (Å²) in [4.78, 5) is 12.6. The van der Waals surface area contributed by atoms with Crippen LogP contribution < -0.4 is 5.32 Å². The van der Waals surface area contributed by atoms with Crippen molar-refractivity contribution in [1.82, 2.24) is 5.32 Å². The number of methoxy groups -OCH3 is 1. The van der Waals surface area contributed by atoms with E-state index in [4.69, 9.17) is 9.84 Å². The van der Waals surface area contributed by atoms with E-state index >= 15 is 0 Å². The molecule has 108 valence electrons. The van der Waals surface area contributed by atoms with Crippen molar-refractivity contribution in [3.8, 4) is 0 Å². The molecule has 0 fully saturated rings. The van der Waals surface area contributed by atoms with Crippen molar-refractivity contribution in [3.63, 3.8) is 0 Å². The van der Waals surface area contributed by atoms with E-state index in [-0.39, 0.29) is 24.4 Å². The van der Waals surface area contributed by atoms with Gasteiger partial charge >= 0.3 is 0 Å². The van der Waals surface area contributed by atoms with E-state index in [1.165, 1.54) is 23.5 Å². The van der Waals surface area contributed by atoms with Crippen LogP contribution in [0.25, 0.3) is 10.1 Å². The first-order valence-electron chi connectivity index (χ1n) is 6.24. The Balaban J connectivity index is 2.13. The van der Waals surface area contributed by atoms with Gasteiger partial charge in [0.05, 0.1) is 17.5 Å². The summed E-state index contributed by atoms with van der Waals surface area (Å²) >= 11 is 1.24. The first-order chi connectivity index (χ1) is 9.63. The number of aliphatic hydroxyl groups excluding tert-OH is 1. The summed E-state index contributed by atoms with van der Waals surface area (Å²) in [6.07, 6.45) is 0.430. The smallest absolute Gasteiger partial charge is 0.261 e. The molecule has 6 heteroatoms. The fourth-order valence-corrected chi connectivity index (χ4v) is 2.92. The SMILES string of the molecule is COCC(CCO)NC(=O)c1cc2ccc(F)cc2s1. The van der Waals surface area contributed by atoms with Gasteiger partial charge in [-0.1, -0.05) is 6.07 Å². The summed E-state index contributed by atoms with van der Waals surface area (Å²) in [6.45, 7) is 0.317. The monoisotopic (exact) mass is 297 g/mol. The number of carbonyl (C=O) groups excluding carboxylic acids is 1. The number of benzene rings is 1. The molecule has 1 atom stereocenters. The van der Waals surface area contributed by atoms with Crippen LogP contribution in [0.4, 0.5) is 4.39 Å². The number of hydrogen-bond donors (Lipinski definition) is 2. The number of carbonyl (C=O) groups is 1. The number of aliphatic hydroxyl groups is 1. The number of amides is 1. The van der Waals surface area contributed by atoms with Crippen molar-refractivity contribution in [3.05, 3.63) is 35.0 Å². The average Bonchev–Trinajstić information content (AvgIpc) is 2.82. The molecule has 1 amide bonds. The standard InChI is InChI=1S/C14H16FNO3S/c1-19-8-11(4-5-17)16-14(18)13-6-9-2-3-10(15)7-12(9)20-13/h2-3,6-7,11,17H,4-5,8H2,1H3,(H,16,18). The maximum Gasteiger partial charge on any atom is 0.261 e. The lowest BCUT2D eigenvalue weighted by Crippen LogP contribution is -2.38. The highest BCUT2D eigenvalue weighted by atomic mass is 32.1. The predicted molar refractivity (Wildman–Crippen MR) is 76.6 cm³/mol. The van der Waals surface area contributed by atoms with Gasteiger partial charge in [0.15, 0.2) is 0 Å². The molecule has 4 nitrogen and oxygen atoms in total. The molecule has 0 radical (unpaired) electrons. The Labute approximate surface area is 120 Å². The van der Waals surface area contributed by atoms with Crippen LogP contribution in [-0.4, -0.2) is 37.4 Å². The number of hydrogen-bond acceptors (Lipinski definition) is 4. The predicted octanol–water partition coefficient (Wildman–Crippen LogP) is 2.17. The minimum Gasteiger partial charge on any atom is -0.396 e. The molecule has 1 heterocycles. The second kappa shape index (κ2) is 6.78. The molecule has 0 aliphatic carbocycles. The number of fused-ring (bicyclic) bond motifs is 1. The lowest BCUT2D eigenvalue weighted by atomic mass is 10.2. The highest BCUT2D eigenvalue weighted by Crippen LogP contribution is 2.26. The molecule has 1 aromatic carbocycles. The molecule has 2 rings (SSSR count). The number of nitrogens with one attached hydrogen (secondary N) is 1. The minimum atomic E-state index is -0.316. The molecule has 1 unspecified atom stereocenters. The van der Waals surface area contributed by atoms with Crippen LogP contribution in [0.2, 0.25) is 0 Å². The average molecular weight is 297 g/mol. The molecule has 2 N–H and O–H groups in total. The van der Waals surface area contributed by atoms with E-state index in [1.54, 1.807) is 19.2 Å². The lowest BCUT2D eigenvalue weighted by Gasteiger charge is -2.15. The Morgan fingerprint density at radius 3 is 3.00 bits per heavy atom. The van der Waals surface area contributed by atoms with E-state index < -0.39 is 0 Å². The molecule has 20 heavy (non-hydrogen) atoms. The summed E-state index contributed by atoms with van der Waals surface area (Å²) in [5, 5.41) is 12.6. The van der Waals surface area contributed by atoms with Crippen LogP contribution in [-0.2, 0) is 4.74 Å². The Morgan fingerprint density at radius 2 is 2.30 bits per heavy atom. The molecule has 2 aromatic rings. The zero-order chi connectivity index (χ0) is 14.5. The van der Waals surface area contributed by atoms with Gasteiger partial charge in [-0.05, 0) is 30.0 Å². The third-order valence-electron chi connectivity index (χ3n) is 2.89. The van der Waals surface area contributed by atoms with Crippen LogP contribution >= 0.6 is 11.3 Å². The zero-order valence-corrected chi connectivity index (χ0v) is 11.9. The quantitative estimate of drug-likeness (QED) is 0.859. The second-order valence-corrected chi connectivity index (χ2v) is 5.51. The maximum atomic E-state index is 13.1. The lowest BCUT2D eigenvalue weighted by molar-refractivity contribution is 0.0883. The van der Waals surface area contributed by atoms with E-state index in [1.807, 2.05) is 0 Å². The fraction of sp³-hybridized carbons (Fsp3) is 0.357. The summed E-state index contributed by atoms with van der Waals surface area (Å²) in [5.41, 5.74) is 0. The Kier molecular flexibility index (Phi) is 5.05. The molecule has 0 aliphatic rings. The van der Waals surface area contributed by atoms with Crippen molar-refractivity contribution in [1.29, 1.82) is 0 Å². The number of ether oxygens (including phenoxy) is 1. The molecule has 0 aliphatic heterocycles. The maximum absolute atomic E-state index is 13.1. The van der Waals surface area contributed by atoms with Gasteiger partial charge in [-0.3, -0.25) is 4.79 Å². The van der Waals surface area contributed by atoms with Gasteiger partial charge in [-0.2, -0.15) is 0 Å². The molecular weight excluding hydrogens is 281 g/mol. The third kappa shape index (κ3) is 3.53. The van der Waals surface area contributed by atoms with E-state index in [0.29, 0.717) is 17.9 Å². The Hall–Kier alpha value is -1.50. The highest BCUT2D eigenvalue weighted by Gasteiger charge is 2.15. The van der Waals surface area contributed by atoms with E-state index in [2.05, 4.69) is 5.32 Å². The molecule has 0 saturated carbocycles. The van der Waals surface area contributed by atoms with Crippen molar-refractivity contribution < 1.29 is 19.0 Å². The highest BCUT2D eigenvalue weighted by molar-refractivity contribution is 7.20. The van der Waals surface area contributed by atoms with Gasteiger partial charge in [-0.25, -0.2) is 4.39 Å². The fourth-order valence-electron chi connectivity index (χ4n) is 1.93. The van der Waals surface area contributed by atoms with Crippen molar-refractivity contribution in [2.75, 3.05) is 20.3 Å².